The number of rotatable bonds is 7. The number of hydrogen-bond acceptors (Lipinski definition) is 5. The van der Waals surface area contributed by atoms with E-state index < -0.39 is 0 Å². The zero-order valence-electron chi connectivity index (χ0n) is 17.7. The summed E-state index contributed by atoms with van der Waals surface area (Å²) in [4.78, 5) is 5.95. The predicted molar refractivity (Wildman–Crippen MR) is 131 cm³/mol. The molecule has 3 aromatic rings. The van der Waals surface area contributed by atoms with Gasteiger partial charge in [0.05, 0.1) is 12.2 Å². The quantitative estimate of drug-likeness (QED) is 0.325. The lowest BCUT2D eigenvalue weighted by molar-refractivity contribution is 0.269. The molecule has 4 rings (SSSR count). The molecule has 1 aliphatic rings. The first-order valence-electron chi connectivity index (χ1n) is 10.5. The third kappa shape index (κ3) is 5.10. The third-order valence-electron chi connectivity index (χ3n) is 5.26. The molecule has 4 nitrogen and oxygen atoms in total. The molecule has 0 amide bonds. The molecule has 0 radical (unpaired) electrons. The summed E-state index contributed by atoms with van der Waals surface area (Å²) in [6, 6.07) is 13.4. The Hall–Kier alpha value is -2.52. The summed E-state index contributed by atoms with van der Waals surface area (Å²) in [5.74, 6) is 1.26. The fourth-order valence-electron chi connectivity index (χ4n) is 3.68. The van der Waals surface area contributed by atoms with Crippen molar-refractivity contribution in [3.05, 3.63) is 73.6 Å². The number of thiophene rings is 1. The number of hydrogen-bond donors (Lipinski definition) is 0. The molecule has 0 fully saturated rings. The molecule has 7 heteroatoms. The van der Waals surface area contributed by atoms with Crippen LogP contribution < -0.4 is 9.47 Å². The van der Waals surface area contributed by atoms with Crippen LogP contribution in [0.3, 0.4) is 0 Å². The molecular formula is C25H22Cl2N2O2S. The first kappa shape index (κ1) is 22.7. The van der Waals surface area contributed by atoms with Crippen molar-refractivity contribution in [3.63, 3.8) is 0 Å². The van der Waals surface area contributed by atoms with Crippen molar-refractivity contribution in [2.45, 2.75) is 39.2 Å². The number of aliphatic imine (C=N–C) groups is 1. The van der Waals surface area contributed by atoms with Crippen molar-refractivity contribution in [2.24, 2.45) is 4.99 Å². The Labute approximate surface area is 202 Å². The maximum Gasteiger partial charge on any atom is 0.161 e. The fourth-order valence-corrected chi connectivity index (χ4v) is 5.32. The van der Waals surface area contributed by atoms with Gasteiger partial charge in [-0.1, -0.05) is 29.3 Å². The van der Waals surface area contributed by atoms with Crippen LogP contribution in [-0.2, 0) is 19.4 Å². The lowest BCUT2D eigenvalue weighted by Gasteiger charge is -2.13. The highest BCUT2D eigenvalue weighted by Crippen LogP contribution is 2.39. The van der Waals surface area contributed by atoms with E-state index in [1.165, 1.54) is 16.9 Å². The van der Waals surface area contributed by atoms with Gasteiger partial charge in [0, 0.05) is 26.7 Å². The maximum atomic E-state index is 9.63. The zero-order chi connectivity index (χ0) is 22.5. The molecule has 1 aliphatic carbocycles. The second kappa shape index (κ2) is 10.4. The maximum absolute atomic E-state index is 9.63. The van der Waals surface area contributed by atoms with Gasteiger partial charge in [0.1, 0.15) is 17.7 Å². The van der Waals surface area contributed by atoms with Crippen LogP contribution in [0.5, 0.6) is 11.5 Å². The van der Waals surface area contributed by atoms with Crippen LogP contribution in [0, 0.1) is 11.3 Å². The predicted octanol–water partition coefficient (Wildman–Crippen LogP) is 7.53. The van der Waals surface area contributed by atoms with Crippen LogP contribution in [0.2, 0.25) is 10.0 Å². The normalized spacial score (nSPS) is 13.1. The van der Waals surface area contributed by atoms with Crippen molar-refractivity contribution in [1.29, 1.82) is 5.26 Å². The van der Waals surface area contributed by atoms with Gasteiger partial charge in [-0.25, -0.2) is 4.99 Å². The van der Waals surface area contributed by atoms with Gasteiger partial charge in [-0.2, -0.15) is 5.26 Å². The number of ether oxygens (including phenoxy) is 2. The first-order valence-corrected chi connectivity index (χ1v) is 12.1. The second-order valence-corrected chi connectivity index (χ2v) is 9.35. The van der Waals surface area contributed by atoms with Gasteiger partial charge >= 0.3 is 0 Å². The van der Waals surface area contributed by atoms with Crippen molar-refractivity contribution >= 4 is 45.8 Å². The van der Waals surface area contributed by atoms with Gasteiger partial charge < -0.3 is 9.47 Å². The lowest BCUT2D eigenvalue weighted by Crippen LogP contribution is -2.01. The zero-order valence-corrected chi connectivity index (χ0v) is 20.0. The lowest BCUT2D eigenvalue weighted by atomic mass is 9.96. The van der Waals surface area contributed by atoms with E-state index in [2.05, 4.69) is 11.1 Å². The van der Waals surface area contributed by atoms with Crippen molar-refractivity contribution < 1.29 is 9.47 Å². The van der Waals surface area contributed by atoms with Gasteiger partial charge in [0.15, 0.2) is 11.5 Å². The molecule has 0 atom stereocenters. The Kier molecular flexibility index (Phi) is 7.36. The van der Waals surface area contributed by atoms with E-state index >= 15 is 0 Å². The van der Waals surface area contributed by atoms with Gasteiger partial charge in [0.2, 0.25) is 0 Å². The standard InChI is InChI=1S/C25H22Cl2N2O2S/c1-2-30-23-11-16(7-10-22(23)31-15-17-8-9-18(26)12-21(17)27)14-29-25-20(13-28)19-5-3-4-6-24(19)32-25/h7-12,14H,2-6,15H2,1H3/b29-14+. The van der Waals surface area contributed by atoms with Gasteiger partial charge in [-0.3, -0.25) is 0 Å². The molecule has 0 unspecified atom stereocenters. The first-order chi connectivity index (χ1) is 15.6. The van der Waals surface area contributed by atoms with Crippen LogP contribution in [0.1, 0.15) is 46.9 Å². The Morgan fingerprint density at radius 2 is 1.94 bits per heavy atom. The van der Waals surface area contributed by atoms with E-state index in [0.29, 0.717) is 34.8 Å². The van der Waals surface area contributed by atoms with E-state index in [1.807, 2.05) is 31.2 Å². The van der Waals surface area contributed by atoms with Gasteiger partial charge in [-0.15, -0.1) is 11.3 Å². The van der Waals surface area contributed by atoms with Crippen molar-refractivity contribution in [1.82, 2.24) is 0 Å². The van der Waals surface area contributed by atoms with E-state index in [1.54, 1.807) is 29.7 Å². The fraction of sp³-hybridized carbons (Fsp3) is 0.280. The van der Waals surface area contributed by atoms with E-state index in [0.717, 1.165) is 41.0 Å². The monoisotopic (exact) mass is 484 g/mol. The topological polar surface area (TPSA) is 54.6 Å². The Morgan fingerprint density at radius 1 is 1.09 bits per heavy atom. The minimum Gasteiger partial charge on any atom is -0.490 e. The SMILES string of the molecule is CCOc1cc(/C=N/c2sc3c(c2C#N)CCCC3)ccc1OCc1ccc(Cl)cc1Cl. The number of nitrogens with zero attached hydrogens (tertiary/aromatic N) is 2. The minimum absolute atomic E-state index is 0.301. The largest absolute Gasteiger partial charge is 0.490 e. The van der Waals surface area contributed by atoms with Crippen LogP contribution in [0.25, 0.3) is 0 Å². The molecule has 0 N–H and O–H groups in total. The minimum atomic E-state index is 0.301. The van der Waals surface area contributed by atoms with E-state index in [-0.39, 0.29) is 0 Å². The Balaban J connectivity index is 1.54. The molecule has 0 saturated heterocycles. The van der Waals surface area contributed by atoms with Crippen LogP contribution >= 0.6 is 34.5 Å². The van der Waals surface area contributed by atoms with Gasteiger partial charge in [-0.05, 0) is 74.1 Å². The third-order valence-corrected chi connectivity index (χ3v) is 7.05. The average molecular weight is 485 g/mol. The Morgan fingerprint density at radius 3 is 2.72 bits per heavy atom. The van der Waals surface area contributed by atoms with Crippen LogP contribution in [0.4, 0.5) is 5.00 Å². The average Bonchev–Trinajstić information content (AvgIpc) is 3.15. The van der Waals surface area contributed by atoms with Crippen molar-refractivity contribution in [3.8, 4) is 17.6 Å². The number of aryl methyl sites for hydroxylation is 1. The molecule has 2 aromatic carbocycles. The van der Waals surface area contributed by atoms with Crippen LogP contribution in [0.15, 0.2) is 41.4 Å². The van der Waals surface area contributed by atoms with E-state index in [9.17, 15) is 5.26 Å². The molecule has 1 heterocycles. The Bertz CT molecular complexity index is 1200. The highest BCUT2D eigenvalue weighted by atomic mass is 35.5. The summed E-state index contributed by atoms with van der Waals surface area (Å²) >= 11 is 13.8. The summed E-state index contributed by atoms with van der Waals surface area (Å²) < 4.78 is 11.8. The number of fused-ring (bicyclic) bond motifs is 1. The number of halogens is 2. The highest BCUT2D eigenvalue weighted by Gasteiger charge is 2.20. The molecular weight excluding hydrogens is 463 g/mol. The van der Waals surface area contributed by atoms with E-state index in [4.69, 9.17) is 32.7 Å². The summed E-state index contributed by atoms with van der Waals surface area (Å²) in [6.45, 7) is 2.74. The smallest absolute Gasteiger partial charge is 0.161 e. The highest BCUT2D eigenvalue weighted by molar-refractivity contribution is 7.16. The molecule has 0 bridgehead atoms. The number of benzene rings is 2. The molecule has 0 saturated carbocycles. The summed E-state index contributed by atoms with van der Waals surface area (Å²) in [6.07, 6.45) is 6.12. The summed E-state index contributed by atoms with van der Waals surface area (Å²) in [7, 11) is 0. The molecule has 0 spiro atoms. The molecule has 164 valence electrons. The molecule has 32 heavy (non-hydrogen) atoms. The second-order valence-electron chi connectivity index (χ2n) is 7.42. The van der Waals surface area contributed by atoms with Crippen molar-refractivity contribution in [2.75, 3.05) is 6.61 Å². The molecule has 1 aromatic heterocycles. The summed E-state index contributed by atoms with van der Waals surface area (Å²) in [5, 5.41) is 11.6. The number of nitriles is 1. The molecule has 0 aliphatic heterocycles. The summed E-state index contributed by atoms with van der Waals surface area (Å²) in [5.41, 5.74) is 3.64. The van der Waals surface area contributed by atoms with Gasteiger partial charge in [0.25, 0.3) is 0 Å². The van der Waals surface area contributed by atoms with Crippen LogP contribution in [-0.4, -0.2) is 12.8 Å².